The molecule has 0 amide bonds. The van der Waals surface area contributed by atoms with Crippen LogP contribution in [-0.4, -0.2) is 45.5 Å². The Balaban J connectivity index is 1.68. The van der Waals surface area contributed by atoms with Crippen molar-refractivity contribution in [3.8, 4) is 11.8 Å². The maximum atomic E-state index is 13.6. The summed E-state index contributed by atoms with van der Waals surface area (Å²) in [5, 5.41) is 0. The van der Waals surface area contributed by atoms with E-state index < -0.39 is 11.2 Å². The summed E-state index contributed by atoms with van der Waals surface area (Å²) in [7, 11) is 1.65. The van der Waals surface area contributed by atoms with Crippen LogP contribution in [0.2, 0.25) is 0 Å². The molecule has 0 saturated carbocycles. The van der Waals surface area contributed by atoms with E-state index in [9.17, 15) is 9.59 Å². The molecule has 11 heteroatoms. The zero-order valence-electron chi connectivity index (χ0n) is 18.8. The molecule has 170 valence electrons. The summed E-state index contributed by atoms with van der Waals surface area (Å²) in [6.07, 6.45) is 2.23. The lowest BCUT2D eigenvalue weighted by atomic mass is 10.0. The van der Waals surface area contributed by atoms with E-state index in [0.29, 0.717) is 46.4 Å². The zero-order valence-corrected chi connectivity index (χ0v) is 19.6. The maximum absolute atomic E-state index is 13.6. The Hall–Kier alpha value is -3.52. The zero-order chi connectivity index (χ0) is 23.1. The molecule has 4 aromatic rings. The van der Waals surface area contributed by atoms with Crippen LogP contribution >= 0.6 is 11.7 Å². The minimum atomic E-state index is -0.435. The fourth-order valence-corrected chi connectivity index (χ4v) is 4.87. The highest BCUT2D eigenvalue weighted by Crippen LogP contribution is 2.25. The molecule has 1 aliphatic heterocycles. The van der Waals surface area contributed by atoms with E-state index in [1.165, 1.54) is 15.6 Å². The Kier molecular flexibility index (Phi) is 5.46. The first-order valence-electron chi connectivity index (χ1n) is 10.9. The Morgan fingerprint density at radius 3 is 2.82 bits per heavy atom. The van der Waals surface area contributed by atoms with E-state index in [0.717, 1.165) is 31.2 Å². The number of rotatable bonds is 4. The topological polar surface area (TPSA) is 104 Å². The predicted octanol–water partition coefficient (Wildman–Crippen LogP) is 1.60. The Morgan fingerprint density at radius 1 is 1.18 bits per heavy atom. The standard InChI is InChI=1S/C22H24N8O2S/c1-4-5-11-29-17-19(24-21(29)28-10-6-7-14(2)12-28)27(3)22(32)30(20(17)31)13-15-8-9-16-18(23-15)26-33-25-16/h8-9,14H,6-7,10-13H2,1-3H3/t14-/m1/s1. The first-order chi connectivity index (χ1) is 16.0. The van der Waals surface area contributed by atoms with Gasteiger partial charge in [0.25, 0.3) is 5.56 Å². The number of pyridine rings is 1. The third-order valence-electron chi connectivity index (χ3n) is 6.06. The van der Waals surface area contributed by atoms with Gasteiger partial charge < -0.3 is 4.90 Å². The van der Waals surface area contributed by atoms with Crippen molar-refractivity contribution in [2.75, 3.05) is 18.0 Å². The maximum Gasteiger partial charge on any atom is 0.332 e. The number of fused-ring (bicyclic) bond motifs is 2. The van der Waals surface area contributed by atoms with Gasteiger partial charge in [0.2, 0.25) is 5.95 Å². The number of anilines is 1. The largest absolute Gasteiger partial charge is 0.342 e. The molecule has 1 atom stereocenters. The second-order valence-corrected chi connectivity index (χ2v) is 8.96. The smallest absolute Gasteiger partial charge is 0.332 e. The van der Waals surface area contributed by atoms with Crippen molar-refractivity contribution in [3.05, 3.63) is 38.7 Å². The first kappa shape index (κ1) is 21.3. The number of hydrogen-bond donors (Lipinski definition) is 0. The second-order valence-electron chi connectivity index (χ2n) is 8.43. The van der Waals surface area contributed by atoms with Crippen molar-refractivity contribution in [1.29, 1.82) is 0 Å². The number of aryl methyl sites for hydroxylation is 1. The summed E-state index contributed by atoms with van der Waals surface area (Å²) >= 11 is 1.08. The number of piperidine rings is 1. The molecule has 10 nitrogen and oxygen atoms in total. The van der Waals surface area contributed by atoms with Crippen LogP contribution < -0.4 is 16.1 Å². The van der Waals surface area contributed by atoms with Crippen molar-refractivity contribution in [1.82, 2.24) is 32.4 Å². The van der Waals surface area contributed by atoms with Crippen molar-refractivity contribution in [2.24, 2.45) is 13.0 Å². The third-order valence-corrected chi connectivity index (χ3v) is 6.60. The van der Waals surface area contributed by atoms with Crippen LogP contribution in [0.25, 0.3) is 22.3 Å². The molecule has 33 heavy (non-hydrogen) atoms. The minimum absolute atomic E-state index is 0.0373. The van der Waals surface area contributed by atoms with Crippen LogP contribution in [0.15, 0.2) is 21.7 Å². The summed E-state index contributed by atoms with van der Waals surface area (Å²) in [5.74, 6) is 7.20. The fraction of sp³-hybridized carbons (Fsp3) is 0.455. The van der Waals surface area contributed by atoms with Gasteiger partial charge >= 0.3 is 5.69 Å². The van der Waals surface area contributed by atoms with Gasteiger partial charge in [0, 0.05) is 20.1 Å². The highest BCUT2D eigenvalue weighted by atomic mass is 32.1. The van der Waals surface area contributed by atoms with Crippen LogP contribution in [0.5, 0.6) is 0 Å². The molecule has 1 fully saturated rings. The molecule has 0 N–H and O–H groups in total. The SMILES string of the molecule is CC#CCn1c(N2CCC[C@@H](C)C2)nc2c1c(=O)n(Cc1ccc3nsnc3n1)c(=O)n2C. The molecule has 1 aliphatic rings. The first-order valence-corrected chi connectivity index (χ1v) is 11.6. The van der Waals surface area contributed by atoms with Gasteiger partial charge in [0.1, 0.15) is 5.52 Å². The molecule has 0 unspecified atom stereocenters. The van der Waals surface area contributed by atoms with E-state index in [2.05, 4.69) is 37.4 Å². The Morgan fingerprint density at radius 2 is 2.03 bits per heavy atom. The van der Waals surface area contributed by atoms with E-state index in [1.54, 1.807) is 26.1 Å². The van der Waals surface area contributed by atoms with Crippen molar-refractivity contribution < 1.29 is 0 Å². The van der Waals surface area contributed by atoms with Gasteiger partial charge in [-0.25, -0.2) is 9.78 Å². The normalized spacial score (nSPS) is 16.3. The quantitative estimate of drug-likeness (QED) is 0.423. The van der Waals surface area contributed by atoms with E-state index in [-0.39, 0.29) is 6.54 Å². The van der Waals surface area contributed by atoms with Crippen LogP contribution in [-0.2, 0) is 20.1 Å². The van der Waals surface area contributed by atoms with Gasteiger partial charge in [-0.05, 0) is 37.8 Å². The van der Waals surface area contributed by atoms with E-state index >= 15 is 0 Å². The highest BCUT2D eigenvalue weighted by Gasteiger charge is 2.26. The number of aromatic nitrogens is 7. The molecule has 0 bridgehead atoms. The lowest BCUT2D eigenvalue weighted by Crippen LogP contribution is -2.40. The molecule has 0 radical (unpaired) electrons. The number of imidazole rings is 1. The van der Waals surface area contributed by atoms with Gasteiger partial charge in [-0.1, -0.05) is 12.8 Å². The Bertz CT molecular complexity index is 1530. The van der Waals surface area contributed by atoms with Crippen LogP contribution in [0, 0.1) is 17.8 Å². The summed E-state index contributed by atoms with van der Waals surface area (Å²) in [6.45, 7) is 6.07. The average Bonchev–Trinajstić information content (AvgIpc) is 3.43. The molecule has 5 rings (SSSR count). The van der Waals surface area contributed by atoms with Gasteiger partial charge in [0.05, 0.1) is 30.5 Å². The summed E-state index contributed by atoms with van der Waals surface area (Å²) in [6, 6.07) is 3.56. The lowest BCUT2D eigenvalue weighted by Gasteiger charge is -2.31. The molecule has 0 aliphatic carbocycles. The van der Waals surface area contributed by atoms with Crippen molar-refractivity contribution in [3.63, 3.8) is 0 Å². The second kappa shape index (κ2) is 8.44. The molecular formula is C22H24N8O2S. The monoisotopic (exact) mass is 464 g/mol. The van der Waals surface area contributed by atoms with Gasteiger partial charge in [0.15, 0.2) is 16.8 Å². The van der Waals surface area contributed by atoms with Crippen molar-refractivity contribution in [2.45, 2.75) is 39.8 Å². The van der Waals surface area contributed by atoms with Crippen LogP contribution in [0.3, 0.4) is 0 Å². The molecule has 0 spiro atoms. The number of hydrogen-bond acceptors (Lipinski definition) is 8. The molecule has 4 aromatic heterocycles. The molecule has 5 heterocycles. The molecular weight excluding hydrogens is 440 g/mol. The highest BCUT2D eigenvalue weighted by molar-refractivity contribution is 7.00. The lowest BCUT2D eigenvalue weighted by molar-refractivity contribution is 0.439. The minimum Gasteiger partial charge on any atom is -0.342 e. The van der Waals surface area contributed by atoms with Gasteiger partial charge in [-0.2, -0.15) is 13.7 Å². The summed E-state index contributed by atoms with van der Waals surface area (Å²) in [5.41, 5.74) is 1.69. The molecule has 0 aromatic carbocycles. The third kappa shape index (κ3) is 3.70. The predicted molar refractivity (Wildman–Crippen MR) is 128 cm³/mol. The van der Waals surface area contributed by atoms with Gasteiger partial charge in [-0.3, -0.25) is 18.5 Å². The fourth-order valence-electron chi connectivity index (χ4n) is 4.39. The number of nitrogens with zero attached hydrogens (tertiary/aromatic N) is 8. The Labute approximate surface area is 193 Å². The van der Waals surface area contributed by atoms with Crippen LogP contribution in [0.1, 0.15) is 32.4 Å². The molecule has 1 saturated heterocycles. The van der Waals surface area contributed by atoms with E-state index in [1.807, 2.05) is 4.57 Å². The van der Waals surface area contributed by atoms with Gasteiger partial charge in [-0.15, -0.1) is 5.92 Å². The van der Waals surface area contributed by atoms with Crippen LogP contribution in [0.4, 0.5) is 5.95 Å². The van der Waals surface area contributed by atoms with E-state index in [4.69, 9.17) is 4.98 Å². The van der Waals surface area contributed by atoms with Crippen molar-refractivity contribution >= 4 is 40.0 Å². The summed E-state index contributed by atoms with van der Waals surface area (Å²) in [4.78, 5) is 38.2. The average molecular weight is 465 g/mol. The summed E-state index contributed by atoms with van der Waals surface area (Å²) < 4.78 is 12.8.